The Bertz CT molecular complexity index is 538. The molecule has 4 heteroatoms. The number of nitrogens with zero attached hydrogens (tertiary/aromatic N) is 1. The predicted octanol–water partition coefficient (Wildman–Crippen LogP) is 5.52. The summed E-state index contributed by atoms with van der Waals surface area (Å²) >= 11 is 6.78. The van der Waals surface area contributed by atoms with Crippen LogP contribution in [-0.4, -0.2) is 4.98 Å². The van der Waals surface area contributed by atoms with Crippen molar-refractivity contribution in [3.8, 4) is 11.6 Å². The van der Waals surface area contributed by atoms with Crippen LogP contribution < -0.4 is 4.74 Å². The number of benzene rings is 1. The summed E-state index contributed by atoms with van der Waals surface area (Å²) in [6.07, 6.45) is 1.71. The molecular formula is C14H13Br2NO. The van der Waals surface area contributed by atoms with Crippen LogP contribution in [0.4, 0.5) is 0 Å². The standard InChI is InChI=1S/C14H13Br2NO/c1-9(2)10-3-5-12(6-4-10)18-14-13(16)7-11(15)8-17-14/h3-9H,1-2H3. The minimum Gasteiger partial charge on any atom is -0.438 e. The van der Waals surface area contributed by atoms with Crippen LogP contribution in [-0.2, 0) is 0 Å². The summed E-state index contributed by atoms with van der Waals surface area (Å²) in [5.74, 6) is 1.88. The first-order chi connectivity index (χ1) is 8.56. The number of halogens is 2. The Morgan fingerprint density at radius 3 is 2.33 bits per heavy atom. The van der Waals surface area contributed by atoms with Crippen molar-refractivity contribution in [2.75, 3.05) is 0 Å². The van der Waals surface area contributed by atoms with Gasteiger partial charge in [0.2, 0.25) is 5.88 Å². The molecular weight excluding hydrogens is 358 g/mol. The van der Waals surface area contributed by atoms with E-state index in [0.29, 0.717) is 11.8 Å². The minimum absolute atomic E-state index is 0.525. The fraction of sp³-hybridized carbons (Fsp3) is 0.214. The molecule has 0 spiro atoms. The third-order valence-electron chi connectivity index (χ3n) is 2.54. The van der Waals surface area contributed by atoms with E-state index >= 15 is 0 Å². The summed E-state index contributed by atoms with van der Waals surface area (Å²) in [5.41, 5.74) is 1.30. The monoisotopic (exact) mass is 369 g/mol. The van der Waals surface area contributed by atoms with Gasteiger partial charge in [-0.25, -0.2) is 4.98 Å². The molecule has 2 nitrogen and oxygen atoms in total. The van der Waals surface area contributed by atoms with Gasteiger partial charge in [0.25, 0.3) is 0 Å². The molecule has 0 atom stereocenters. The molecule has 0 radical (unpaired) electrons. The third kappa shape index (κ3) is 3.33. The molecule has 2 aromatic rings. The zero-order valence-electron chi connectivity index (χ0n) is 10.2. The van der Waals surface area contributed by atoms with Crippen molar-refractivity contribution < 1.29 is 4.74 Å². The van der Waals surface area contributed by atoms with Gasteiger partial charge in [0.1, 0.15) is 5.75 Å². The van der Waals surface area contributed by atoms with Gasteiger partial charge in [-0.2, -0.15) is 0 Å². The summed E-state index contributed by atoms with van der Waals surface area (Å²) < 4.78 is 7.46. The van der Waals surface area contributed by atoms with Gasteiger partial charge < -0.3 is 4.74 Å². The van der Waals surface area contributed by atoms with Gasteiger partial charge in [-0.15, -0.1) is 0 Å². The molecule has 0 aliphatic heterocycles. The second-order valence-corrected chi connectivity index (χ2v) is 6.04. The van der Waals surface area contributed by atoms with Gasteiger partial charge >= 0.3 is 0 Å². The van der Waals surface area contributed by atoms with Gasteiger partial charge in [-0.1, -0.05) is 26.0 Å². The first kappa shape index (κ1) is 13.6. The van der Waals surface area contributed by atoms with Gasteiger partial charge in [-0.3, -0.25) is 0 Å². The molecule has 94 valence electrons. The molecule has 0 saturated heterocycles. The highest BCUT2D eigenvalue weighted by Crippen LogP contribution is 2.30. The Balaban J connectivity index is 2.18. The lowest BCUT2D eigenvalue weighted by Crippen LogP contribution is -1.91. The molecule has 0 aliphatic carbocycles. The largest absolute Gasteiger partial charge is 0.438 e. The topological polar surface area (TPSA) is 22.1 Å². The Kier molecular flexibility index (Phi) is 4.40. The first-order valence-electron chi connectivity index (χ1n) is 5.65. The van der Waals surface area contributed by atoms with Crippen molar-refractivity contribution >= 4 is 31.9 Å². The SMILES string of the molecule is CC(C)c1ccc(Oc2ncc(Br)cc2Br)cc1. The zero-order valence-corrected chi connectivity index (χ0v) is 13.3. The van der Waals surface area contributed by atoms with E-state index in [2.05, 4.69) is 62.8 Å². The Hall–Kier alpha value is -0.870. The van der Waals surface area contributed by atoms with Crippen molar-refractivity contribution in [2.24, 2.45) is 0 Å². The van der Waals surface area contributed by atoms with Crippen molar-refractivity contribution in [1.29, 1.82) is 0 Å². The lowest BCUT2D eigenvalue weighted by Gasteiger charge is -2.09. The van der Waals surface area contributed by atoms with Crippen molar-refractivity contribution in [3.63, 3.8) is 0 Å². The molecule has 2 rings (SSSR count). The average molecular weight is 371 g/mol. The molecule has 0 fully saturated rings. The summed E-state index contributed by atoms with van der Waals surface area (Å²) in [4.78, 5) is 4.21. The molecule has 1 aromatic carbocycles. The maximum Gasteiger partial charge on any atom is 0.233 e. The third-order valence-corrected chi connectivity index (χ3v) is 3.54. The van der Waals surface area contributed by atoms with E-state index < -0.39 is 0 Å². The highest BCUT2D eigenvalue weighted by molar-refractivity contribution is 9.11. The number of ether oxygens (including phenoxy) is 1. The van der Waals surface area contributed by atoms with E-state index in [1.54, 1.807) is 6.20 Å². The van der Waals surface area contributed by atoms with Crippen LogP contribution in [0.2, 0.25) is 0 Å². The molecule has 1 aromatic heterocycles. The molecule has 1 heterocycles. The maximum absolute atomic E-state index is 5.72. The molecule has 0 saturated carbocycles. The molecule has 0 bridgehead atoms. The summed E-state index contributed by atoms with van der Waals surface area (Å²) in [5, 5.41) is 0. The number of hydrogen-bond donors (Lipinski definition) is 0. The molecule has 0 unspecified atom stereocenters. The predicted molar refractivity (Wildman–Crippen MR) is 80.2 cm³/mol. The molecule has 0 aliphatic rings. The van der Waals surface area contributed by atoms with Crippen LogP contribution in [0.3, 0.4) is 0 Å². The fourth-order valence-electron chi connectivity index (χ4n) is 1.51. The average Bonchev–Trinajstić information content (AvgIpc) is 2.33. The Morgan fingerprint density at radius 2 is 1.78 bits per heavy atom. The van der Waals surface area contributed by atoms with Crippen LogP contribution in [0.5, 0.6) is 11.6 Å². The Morgan fingerprint density at radius 1 is 1.11 bits per heavy atom. The van der Waals surface area contributed by atoms with E-state index in [-0.39, 0.29) is 0 Å². The number of aromatic nitrogens is 1. The van der Waals surface area contributed by atoms with E-state index in [1.807, 2.05) is 18.2 Å². The summed E-state index contributed by atoms with van der Waals surface area (Å²) in [6.45, 7) is 4.34. The normalized spacial score (nSPS) is 10.7. The van der Waals surface area contributed by atoms with E-state index in [9.17, 15) is 0 Å². The van der Waals surface area contributed by atoms with E-state index in [0.717, 1.165) is 14.7 Å². The van der Waals surface area contributed by atoms with Crippen LogP contribution in [0, 0.1) is 0 Å². The van der Waals surface area contributed by atoms with Crippen LogP contribution >= 0.6 is 31.9 Å². The van der Waals surface area contributed by atoms with Crippen molar-refractivity contribution in [3.05, 3.63) is 51.0 Å². The van der Waals surface area contributed by atoms with Crippen molar-refractivity contribution in [1.82, 2.24) is 4.98 Å². The minimum atomic E-state index is 0.525. The van der Waals surface area contributed by atoms with Crippen LogP contribution in [0.15, 0.2) is 45.5 Å². The quantitative estimate of drug-likeness (QED) is 0.709. The highest BCUT2D eigenvalue weighted by atomic mass is 79.9. The molecule has 0 amide bonds. The smallest absolute Gasteiger partial charge is 0.233 e. The second kappa shape index (κ2) is 5.85. The molecule has 18 heavy (non-hydrogen) atoms. The van der Waals surface area contributed by atoms with Gasteiger partial charge in [0.15, 0.2) is 0 Å². The highest BCUT2D eigenvalue weighted by Gasteiger charge is 2.05. The zero-order chi connectivity index (χ0) is 13.1. The van der Waals surface area contributed by atoms with Gasteiger partial charge in [-0.05, 0) is 61.5 Å². The van der Waals surface area contributed by atoms with Crippen LogP contribution in [0.1, 0.15) is 25.3 Å². The first-order valence-corrected chi connectivity index (χ1v) is 7.23. The molecule has 0 N–H and O–H groups in total. The lowest BCUT2D eigenvalue weighted by molar-refractivity contribution is 0.459. The second-order valence-electron chi connectivity index (χ2n) is 4.27. The Labute approximate surface area is 124 Å². The summed E-state index contributed by atoms with van der Waals surface area (Å²) in [6, 6.07) is 9.99. The van der Waals surface area contributed by atoms with Gasteiger partial charge in [0.05, 0.1) is 4.47 Å². The fourth-order valence-corrected chi connectivity index (χ4v) is 2.58. The van der Waals surface area contributed by atoms with Crippen LogP contribution in [0.25, 0.3) is 0 Å². The lowest BCUT2D eigenvalue weighted by atomic mass is 10.0. The van der Waals surface area contributed by atoms with Crippen molar-refractivity contribution in [2.45, 2.75) is 19.8 Å². The van der Waals surface area contributed by atoms with E-state index in [1.165, 1.54) is 5.56 Å². The number of hydrogen-bond acceptors (Lipinski definition) is 2. The maximum atomic E-state index is 5.72. The van der Waals surface area contributed by atoms with Gasteiger partial charge in [0, 0.05) is 10.7 Å². The summed E-state index contributed by atoms with van der Waals surface area (Å²) in [7, 11) is 0. The number of pyridine rings is 1. The number of rotatable bonds is 3. The van der Waals surface area contributed by atoms with E-state index in [4.69, 9.17) is 4.74 Å².